The SMILES string of the molecule is NCCc1c[nH]c2ccc(N3C(=O)NC(Cc4ccccc4)C3=O)cc12.O.O=C(O)/C=C\C(=O)O. The molecular weight excluding hydrogens is 456 g/mol. The summed E-state index contributed by atoms with van der Waals surface area (Å²) in [5, 5.41) is 19.4. The number of aromatic nitrogens is 1. The fourth-order valence-electron chi connectivity index (χ4n) is 3.57. The first-order valence-electron chi connectivity index (χ1n) is 10.4. The minimum absolute atomic E-state index is 0. The molecular formula is C24H26N4O7. The molecule has 2 aromatic carbocycles. The van der Waals surface area contributed by atoms with Crippen LogP contribution in [0.2, 0.25) is 0 Å². The minimum atomic E-state index is -1.26. The van der Waals surface area contributed by atoms with Gasteiger partial charge < -0.3 is 31.7 Å². The number of H-pyrrole nitrogens is 1. The highest BCUT2D eigenvalue weighted by Crippen LogP contribution is 2.27. The lowest BCUT2D eigenvalue weighted by molar-refractivity contribution is -0.134. The zero-order chi connectivity index (χ0) is 24.7. The Morgan fingerprint density at radius 3 is 2.29 bits per heavy atom. The topological polar surface area (TPSA) is 197 Å². The Kier molecular flexibility index (Phi) is 9.27. The Morgan fingerprint density at radius 1 is 1.03 bits per heavy atom. The molecule has 1 saturated heterocycles. The molecule has 1 fully saturated rings. The van der Waals surface area contributed by atoms with Crippen molar-refractivity contribution in [3.63, 3.8) is 0 Å². The molecule has 1 aliphatic rings. The molecule has 3 aromatic rings. The lowest BCUT2D eigenvalue weighted by atomic mass is 10.1. The van der Waals surface area contributed by atoms with E-state index in [9.17, 15) is 19.2 Å². The normalized spacial score (nSPS) is 14.9. The van der Waals surface area contributed by atoms with E-state index in [2.05, 4.69) is 10.3 Å². The van der Waals surface area contributed by atoms with E-state index in [-0.39, 0.29) is 17.4 Å². The highest BCUT2D eigenvalue weighted by molar-refractivity contribution is 6.22. The van der Waals surface area contributed by atoms with Crippen LogP contribution in [0.25, 0.3) is 10.9 Å². The number of carboxylic acids is 2. The number of nitrogens with two attached hydrogens (primary N) is 1. The van der Waals surface area contributed by atoms with E-state index in [4.69, 9.17) is 15.9 Å². The molecule has 4 rings (SSSR count). The second kappa shape index (κ2) is 12.1. The van der Waals surface area contributed by atoms with Gasteiger partial charge in [0.1, 0.15) is 6.04 Å². The van der Waals surface area contributed by atoms with Gasteiger partial charge in [-0.15, -0.1) is 0 Å². The zero-order valence-electron chi connectivity index (χ0n) is 18.6. The number of aliphatic carboxylic acids is 2. The van der Waals surface area contributed by atoms with Gasteiger partial charge in [-0.1, -0.05) is 30.3 Å². The second-order valence-electron chi connectivity index (χ2n) is 7.46. The maximum absolute atomic E-state index is 12.8. The van der Waals surface area contributed by atoms with Crippen molar-refractivity contribution in [2.45, 2.75) is 18.9 Å². The summed E-state index contributed by atoms with van der Waals surface area (Å²) in [7, 11) is 0. The fraction of sp³-hybridized carbons (Fsp3) is 0.167. The van der Waals surface area contributed by atoms with Crippen LogP contribution in [-0.2, 0) is 27.2 Å². The molecule has 0 aliphatic carbocycles. The molecule has 1 aliphatic heterocycles. The Labute approximate surface area is 200 Å². The van der Waals surface area contributed by atoms with E-state index in [0.29, 0.717) is 30.8 Å². The van der Waals surface area contributed by atoms with Gasteiger partial charge in [-0.3, -0.25) is 4.79 Å². The van der Waals surface area contributed by atoms with Gasteiger partial charge in [0.2, 0.25) is 0 Å². The minimum Gasteiger partial charge on any atom is -0.478 e. The van der Waals surface area contributed by atoms with Gasteiger partial charge in [-0.25, -0.2) is 19.3 Å². The van der Waals surface area contributed by atoms with E-state index in [1.54, 1.807) is 6.07 Å². The summed E-state index contributed by atoms with van der Waals surface area (Å²) in [4.78, 5) is 48.8. The number of carboxylic acid groups (broad SMARTS) is 2. The number of carbonyl (C=O) groups excluding carboxylic acids is 2. The van der Waals surface area contributed by atoms with Crippen molar-refractivity contribution in [2.75, 3.05) is 11.4 Å². The number of hydrogen-bond acceptors (Lipinski definition) is 5. The molecule has 2 heterocycles. The molecule has 0 bridgehead atoms. The van der Waals surface area contributed by atoms with Crippen LogP contribution < -0.4 is 16.0 Å². The number of nitrogens with one attached hydrogen (secondary N) is 2. The van der Waals surface area contributed by atoms with Crippen molar-refractivity contribution < 1.29 is 34.9 Å². The second-order valence-corrected chi connectivity index (χ2v) is 7.46. The number of amides is 3. The molecule has 8 N–H and O–H groups in total. The van der Waals surface area contributed by atoms with Crippen molar-refractivity contribution in [3.8, 4) is 0 Å². The number of urea groups is 1. The first-order valence-corrected chi connectivity index (χ1v) is 10.4. The van der Waals surface area contributed by atoms with E-state index in [0.717, 1.165) is 28.5 Å². The summed E-state index contributed by atoms with van der Waals surface area (Å²) in [6.07, 6.45) is 4.25. The molecule has 0 radical (unpaired) electrons. The Balaban J connectivity index is 0.000000418. The molecule has 1 unspecified atom stereocenters. The molecule has 1 aromatic heterocycles. The van der Waals surface area contributed by atoms with Gasteiger partial charge in [-0.05, 0) is 42.3 Å². The largest absolute Gasteiger partial charge is 0.478 e. The summed E-state index contributed by atoms with van der Waals surface area (Å²) in [5.41, 5.74) is 9.30. The number of benzene rings is 2. The number of aromatic amines is 1. The van der Waals surface area contributed by atoms with E-state index >= 15 is 0 Å². The monoisotopic (exact) mass is 482 g/mol. The fourth-order valence-corrected chi connectivity index (χ4v) is 3.57. The highest BCUT2D eigenvalue weighted by atomic mass is 16.4. The molecule has 11 nitrogen and oxygen atoms in total. The van der Waals surface area contributed by atoms with Crippen LogP contribution >= 0.6 is 0 Å². The number of rotatable bonds is 7. The van der Waals surface area contributed by atoms with Crippen molar-refractivity contribution in [1.82, 2.24) is 10.3 Å². The third-order valence-corrected chi connectivity index (χ3v) is 5.09. The van der Waals surface area contributed by atoms with Crippen LogP contribution in [0.4, 0.5) is 10.5 Å². The summed E-state index contributed by atoms with van der Waals surface area (Å²) in [5.74, 6) is -2.74. The first kappa shape index (κ1) is 26.8. The van der Waals surface area contributed by atoms with Gasteiger partial charge in [0.25, 0.3) is 5.91 Å². The maximum atomic E-state index is 12.8. The average molecular weight is 482 g/mol. The van der Waals surface area contributed by atoms with Gasteiger partial charge >= 0.3 is 18.0 Å². The maximum Gasteiger partial charge on any atom is 0.329 e. The van der Waals surface area contributed by atoms with E-state index in [1.807, 2.05) is 48.7 Å². The van der Waals surface area contributed by atoms with E-state index < -0.39 is 18.0 Å². The van der Waals surface area contributed by atoms with Gasteiger partial charge in [-0.2, -0.15) is 0 Å². The van der Waals surface area contributed by atoms with Crippen LogP contribution in [0.3, 0.4) is 0 Å². The third kappa shape index (κ3) is 6.76. The first-order chi connectivity index (χ1) is 16.3. The number of anilines is 1. The number of hydrogen-bond donors (Lipinski definition) is 5. The predicted octanol–water partition coefficient (Wildman–Crippen LogP) is 1.22. The molecule has 0 spiro atoms. The summed E-state index contributed by atoms with van der Waals surface area (Å²) in [6, 6.07) is 14.3. The lowest BCUT2D eigenvalue weighted by Crippen LogP contribution is -2.32. The van der Waals surface area contributed by atoms with Gasteiger partial charge in [0.05, 0.1) is 5.69 Å². The van der Waals surface area contributed by atoms with Crippen molar-refractivity contribution in [1.29, 1.82) is 0 Å². The van der Waals surface area contributed by atoms with E-state index in [1.165, 1.54) is 4.90 Å². The van der Waals surface area contributed by atoms with Crippen LogP contribution in [0.5, 0.6) is 0 Å². The van der Waals surface area contributed by atoms with Crippen molar-refractivity contribution in [2.24, 2.45) is 5.73 Å². The Morgan fingerprint density at radius 2 is 1.69 bits per heavy atom. The Hall–Kier alpha value is -4.48. The molecule has 1 atom stereocenters. The third-order valence-electron chi connectivity index (χ3n) is 5.09. The smallest absolute Gasteiger partial charge is 0.329 e. The number of carbonyl (C=O) groups is 4. The summed E-state index contributed by atoms with van der Waals surface area (Å²) in [6.45, 7) is 0.541. The van der Waals surface area contributed by atoms with Crippen LogP contribution in [0.1, 0.15) is 11.1 Å². The average Bonchev–Trinajstić information content (AvgIpc) is 3.33. The standard InChI is InChI=1S/C20H20N4O2.C4H4O4.H2O/c21-9-8-14-12-22-17-7-6-15(11-16(14)17)24-19(25)18(23-20(24)26)10-13-4-2-1-3-5-13;5-3(6)1-2-4(7)8;/h1-7,11-12,18,22H,8-10,21H2,(H,23,26);1-2H,(H,5,6)(H,7,8);1H2/b;2-1-;. The molecule has 184 valence electrons. The quantitative estimate of drug-likeness (QED) is 0.246. The van der Waals surface area contributed by atoms with Crippen LogP contribution in [0.15, 0.2) is 66.9 Å². The molecule has 3 amide bonds. The summed E-state index contributed by atoms with van der Waals surface area (Å²) < 4.78 is 0. The zero-order valence-corrected chi connectivity index (χ0v) is 18.6. The van der Waals surface area contributed by atoms with Gasteiger partial charge in [0.15, 0.2) is 0 Å². The molecule has 0 saturated carbocycles. The summed E-state index contributed by atoms with van der Waals surface area (Å²) >= 11 is 0. The van der Waals surface area contributed by atoms with Gasteiger partial charge in [0, 0.05) is 35.7 Å². The van der Waals surface area contributed by atoms with Crippen LogP contribution in [0, 0.1) is 0 Å². The lowest BCUT2D eigenvalue weighted by Gasteiger charge is -2.13. The number of imide groups is 1. The van der Waals surface area contributed by atoms with Crippen molar-refractivity contribution >= 4 is 40.5 Å². The van der Waals surface area contributed by atoms with Crippen LogP contribution in [-0.4, -0.2) is 57.1 Å². The van der Waals surface area contributed by atoms with Crippen molar-refractivity contribution in [3.05, 3.63) is 78.0 Å². The number of nitrogens with zero attached hydrogens (tertiary/aromatic N) is 1. The Bertz CT molecular complexity index is 1220. The molecule has 11 heteroatoms. The molecule has 35 heavy (non-hydrogen) atoms. The highest BCUT2D eigenvalue weighted by Gasteiger charge is 2.39. The number of fused-ring (bicyclic) bond motifs is 1. The predicted molar refractivity (Wildman–Crippen MR) is 129 cm³/mol.